The van der Waals surface area contributed by atoms with Crippen molar-refractivity contribution in [1.82, 2.24) is 0 Å². The minimum Gasteiger partial charge on any atom is -0.397 e. The third kappa shape index (κ3) is 3.22. The molecular weight excluding hydrogens is 279 g/mol. The molecule has 4 heteroatoms. The zero-order valence-corrected chi connectivity index (χ0v) is 12.8. The van der Waals surface area contributed by atoms with Crippen molar-refractivity contribution < 1.29 is 9.13 Å². The second-order valence-corrected chi connectivity index (χ2v) is 5.75. The summed E-state index contributed by atoms with van der Waals surface area (Å²) in [5, 5.41) is 0. The van der Waals surface area contributed by atoms with Gasteiger partial charge < -0.3 is 15.4 Å². The quantitative estimate of drug-likeness (QED) is 0.885. The highest BCUT2D eigenvalue weighted by molar-refractivity contribution is 5.68. The number of hydrogen-bond donors (Lipinski definition) is 1. The van der Waals surface area contributed by atoms with Crippen LogP contribution >= 0.6 is 0 Å². The lowest BCUT2D eigenvalue weighted by Gasteiger charge is -2.30. The van der Waals surface area contributed by atoms with Crippen LogP contribution in [-0.2, 0) is 11.2 Å². The first-order chi connectivity index (χ1) is 10.6. The highest BCUT2D eigenvalue weighted by atomic mass is 19.1. The van der Waals surface area contributed by atoms with Crippen LogP contribution in [0.1, 0.15) is 16.7 Å². The van der Waals surface area contributed by atoms with Crippen molar-refractivity contribution in [3.8, 4) is 0 Å². The van der Waals surface area contributed by atoms with Crippen LogP contribution in [0.4, 0.5) is 15.8 Å². The van der Waals surface area contributed by atoms with Crippen LogP contribution in [0.3, 0.4) is 0 Å². The molecule has 0 amide bonds. The lowest BCUT2D eigenvalue weighted by Crippen LogP contribution is -2.36. The number of rotatable bonds is 3. The summed E-state index contributed by atoms with van der Waals surface area (Å²) in [6.07, 6.45) is 0.759. The molecule has 2 aromatic rings. The van der Waals surface area contributed by atoms with Gasteiger partial charge in [-0.2, -0.15) is 0 Å². The molecule has 1 aliphatic rings. The van der Waals surface area contributed by atoms with Crippen molar-refractivity contribution in [1.29, 1.82) is 0 Å². The van der Waals surface area contributed by atoms with Crippen molar-refractivity contribution in [2.24, 2.45) is 0 Å². The highest BCUT2D eigenvalue weighted by Gasteiger charge is 2.14. The lowest BCUT2D eigenvalue weighted by atomic mass is 10.0. The van der Waals surface area contributed by atoms with Gasteiger partial charge in [-0.15, -0.1) is 0 Å². The number of hydrogen-bond acceptors (Lipinski definition) is 3. The Morgan fingerprint density at radius 2 is 1.77 bits per heavy atom. The van der Waals surface area contributed by atoms with Gasteiger partial charge in [0.25, 0.3) is 0 Å². The van der Waals surface area contributed by atoms with E-state index in [4.69, 9.17) is 10.5 Å². The Hall–Kier alpha value is -2.07. The van der Waals surface area contributed by atoms with Crippen molar-refractivity contribution in [2.45, 2.75) is 13.3 Å². The third-order valence-electron chi connectivity index (χ3n) is 4.07. The first-order valence-corrected chi connectivity index (χ1v) is 7.59. The molecule has 22 heavy (non-hydrogen) atoms. The van der Waals surface area contributed by atoms with E-state index in [2.05, 4.69) is 17.0 Å². The number of anilines is 2. The third-order valence-corrected chi connectivity index (χ3v) is 4.07. The molecule has 3 rings (SSSR count). The van der Waals surface area contributed by atoms with E-state index in [0.29, 0.717) is 5.56 Å². The van der Waals surface area contributed by atoms with Crippen molar-refractivity contribution in [3.05, 3.63) is 58.9 Å². The molecule has 0 radical (unpaired) electrons. The molecule has 2 aromatic carbocycles. The molecule has 0 aliphatic carbocycles. The predicted octanol–water partition coefficient (Wildman–Crippen LogP) is 3.14. The number of nitrogens with zero attached hydrogens (tertiary/aromatic N) is 1. The van der Waals surface area contributed by atoms with E-state index in [1.165, 1.54) is 6.07 Å². The van der Waals surface area contributed by atoms with Gasteiger partial charge in [-0.1, -0.05) is 18.2 Å². The first-order valence-electron chi connectivity index (χ1n) is 7.59. The molecule has 1 heterocycles. The molecule has 2 N–H and O–H groups in total. The maximum Gasteiger partial charge on any atom is 0.126 e. The molecule has 0 aromatic heterocycles. The molecule has 0 bridgehead atoms. The molecule has 116 valence electrons. The smallest absolute Gasteiger partial charge is 0.126 e. The summed E-state index contributed by atoms with van der Waals surface area (Å²) in [5.41, 5.74) is 11.0. The van der Waals surface area contributed by atoms with Crippen LogP contribution in [0.5, 0.6) is 0 Å². The number of ether oxygens (including phenoxy) is 1. The second kappa shape index (κ2) is 6.36. The minimum absolute atomic E-state index is 0.161. The van der Waals surface area contributed by atoms with Gasteiger partial charge in [0.05, 0.1) is 24.6 Å². The Bertz CT molecular complexity index is 666. The van der Waals surface area contributed by atoms with Gasteiger partial charge >= 0.3 is 0 Å². The van der Waals surface area contributed by atoms with Crippen LogP contribution in [0.15, 0.2) is 36.4 Å². The molecule has 0 spiro atoms. The van der Waals surface area contributed by atoms with E-state index in [9.17, 15) is 4.39 Å². The van der Waals surface area contributed by atoms with E-state index < -0.39 is 0 Å². The Morgan fingerprint density at radius 1 is 1.09 bits per heavy atom. The first kappa shape index (κ1) is 14.9. The Morgan fingerprint density at radius 3 is 2.45 bits per heavy atom. The van der Waals surface area contributed by atoms with E-state index in [-0.39, 0.29) is 5.82 Å². The number of nitrogens with two attached hydrogens (primary N) is 1. The van der Waals surface area contributed by atoms with Gasteiger partial charge in [0.15, 0.2) is 0 Å². The fourth-order valence-electron chi connectivity index (χ4n) is 2.86. The number of aryl methyl sites for hydroxylation is 1. The number of halogens is 1. The molecule has 1 saturated heterocycles. The summed E-state index contributed by atoms with van der Waals surface area (Å²) in [6, 6.07) is 11.4. The van der Waals surface area contributed by atoms with Crippen LogP contribution in [0.25, 0.3) is 0 Å². The van der Waals surface area contributed by atoms with Gasteiger partial charge in [-0.25, -0.2) is 4.39 Å². The lowest BCUT2D eigenvalue weighted by molar-refractivity contribution is 0.123. The minimum atomic E-state index is -0.161. The van der Waals surface area contributed by atoms with Crippen LogP contribution in [0, 0.1) is 12.7 Å². The van der Waals surface area contributed by atoms with Crippen molar-refractivity contribution >= 4 is 11.4 Å². The molecule has 0 atom stereocenters. The van der Waals surface area contributed by atoms with E-state index in [1.54, 1.807) is 6.92 Å². The Kier molecular flexibility index (Phi) is 4.29. The Balaban J connectivity index is 1.77. The number of morpholine rings is 1. The van der Waals surface area contributed by atoms with Crippen LogP contribution in [-0.4, -0.2) is 26.3 Å². The fourth-order valence-corrected chi connectivity index (χ4v) is 2.86. The van der Waals surface area contributed by atoms with E-state index >= 15 is 0 Å². The SMILES string of the molecule is Cc1cc(Cc2ccc(N3CCOCC3)c(N)c2)ccc1F. The largest absolute Gasteiger partial charge is 0.397 e. The second-order valence-electron chi connectivity index (χ2n) is 5.75. The van der Waals surface area contributed by atoms with Gasteiger partial charge in [0.2, 0.25) is 0 Å². The zero-order valence-electron chi connectivity index (χ0n) is 12.8. The fraction of sp³-hybridized carbons (Fsp3) is 0.333. The number of nitrogen functional groups attached to an aromatic ring is 1. The Labute approximate surface area is 130 Å². The topological polar surface area (TPSA) is 38.5 Å². The summed E-state index contributed by atoms with van der Waals surface area (Å²) >= 11 is 0. The average Bonchev–Trinajstić information content (AvgIpc) is 2.52. The summed E-state index contributed by atoms with van der Waals surface area (Å²) in [6.45, 7) is 5.03. The van der Waals surface area contributed by atoms with Crippen LogP contribution in [0.2, 0.25) is 0 Å². The van der Waals surface area contributed by atoms with Gasteiger partial charge in [-0.3, -0.25) is 0 Å². The zero-order chi connectivity index (χ0) is 15.5. The highest BCUT2D eigenvalue weighted by Crippen LogP contribution is 2.26. The standard InChI is InChI=1S/C18H21FN2O/c1-13-10-14(2-4-16(13)19)11-15-3-5-18(17(20)12-15)21-6-8-22-9-7-21/h2-5,10,12H,6-9,11,20H2,1H3. The molecule has 3 nitrogen and oxygen atoms in total. The van der Waals surface area contributed by atoms with Gasteiger partial charge in [-0.05, 0) is 48.2 Å². The van der Waals surface area contributed by atoms with E-state index in [0.717, 1.165) is 55.2 Å². The van der Waals surface area contributed by atoms with Gasteiger partial charge in [0, 0.05) is 13.1 Å². The molecule has 0 saturated carbocycles. The average molecular weight is 300 g/mol. The van der Waals surface area contributed by atoms with E-state index in [1.807, 2.05) is 18.2 Å². The summed E-state index contributed by atoms with van der Waals surface area (Å²) in [5.74, 6) is -0.161. The predicted molar refractivity (Wildman–Crippen MR) is 87.8 cm³/mol. The maximum atomic E-state index is 13.3. The molecule has 1 aliphatic heterocycles. The van der Waals surface area contributed by atoms with Gasteiger partial charge in [0.1, 0.15) is 5.82 Å². The van der Waals surface area contributed by atoms with Crippen LogP contribution < -0.4 is 10.6 Å². The number of benzene rings is 2. The summed E-state index contributed by atoms with van der Waals surface area (Å²) in [7, 11) is 0. The van der Waals surface area contributed by atoms with Crippen molar-refractivity contribution in [3.63, 3.8) is 0 Å². The molecule has 1 fully saturated rings. The maximum absolute atomic E-state index is 13.3. The molecule has 0 unspecified atom stereocenters. The summed E-state index contributed by atoms with van der Waals surface area (Å²) < 4.78 is 18.7. The molecular formula is C18H21FN2O. The monoisotopic (exact) mass is 300 g/mol. The normalized spacial score (nSPS) is 15.1. The van der Waals surface area contributed by atoms with Crippen molar-refractivity contribution in [2.75, 3.05) is 36.9 Å². The summed E-state index contributed by atoms with van der Waals surface area (Å²) in [4.78, 5) is 2.25.